The van der Waals surface area contributed by atoms with Crippen LogP contribution in [-0.4, -0.2) is 18.8 Å². The van der Waals surface area contributed by atoms with Gasteiger partial charge in [-0.1, -0.05) is 31.5 Å². The minimum atomic E-state index is -0.990. The third kappa shape index (κ3) is 5.37. The van der Waals surface area contributed by atoms with Crippen molar-refractivity contribution in [3.05, 3.63) is 81.5 Å². The van der Waals surface area contributed by atoms with E-state index in [4.69, 9.17) is 4.74 Å². The zero-order chi connectivity index (χ0) is 24.0. The molecule has 3 rings (SSSR count). The van der Waals surface area contributed by atoms with Gasteiger partial charge in [0.05, 0.1) is 35.4 Å². The lowest BCUT2D eigenvalue weighted by Gasteiger charge is -2.30. The Hall–Kier alpha value is -3.31. The van der Waals surface area contributed by atoms with Crippen LogP contribution in [0, 0.1) is 23.0 Å². The molecular formula is C25H25F2N3O2S. The minimum Gasteiger partial charge on any atom is -0.495 e. The van der Waals surface area contributed by atoms with Gasteiger partial charge in [0.25, 0.3) is 5.91 Å². The van der Waals surface area contributed by atoms with Crippen LogP contribution in [0.2, 0.25) is 0 Å². The molecule has 1 heterocycles. The maximum Gasteiger partial charge on any atom is 0.254 e. The number of allylic oxidation sites excluding steroid dienone is 2. The Kier molecular flexibility index (Phi) is 8.12. The van der Waals surface area contributed by atoms with Crippen molar-refractivity contribution in [1.29, 1.82) is 5.26 Å². The highest BCUT2D eigenvalue weighted by Crippen LogP contribution is 2.42. The molecule has 0 saturated heterocycles. The normalized spacial score (nSPS) is 15.7. The second-order valence-corrected chi connectivity index (χ2v) is 8.58. The molecule has 1 atom stereocenters. The standard InChI is InChI=1S/C25H25F2N3O2S/c1-4-5-12-33-25-18(14-28)23(17-11-10-16(26)13-19(17)27)22(15(2)29-25)24(31)30-20-8-6-7-9-21(20)32-3/h6-11,13,23,29H,4-5,12H2,1-3H3,(H,30,31). The fourth-order valence-corrected chi connectivity index (χ4v) is 4.81. The maximum atomic E-state index is 14.9. The topological polar surface area (TPSA) is 74.2 Å². The molecule has 8 heteroatoms. The van der Waals surface area contributed by atoms with Crippen molar-refractivity contribution in [2.24, 2.45) is 0 Å². The number of nitrogens with one attached hydrogen (secondary N) is 2. The summed E-state index contributed by atoms with van der Waals surface area (Å²) in [5.74, 6) is -1.82. The predicted octanol–water partition coefficient (Wildman–Crippen LogP) is 5.84. The molecule has 0 fully saturated rings. The lowest BCUT2D eigenvalue weighted by Crippen LogP contribution is -2.31. The van der Waals surface area contributed by atoms with Crippen molar-refractivity contribution in [2.75, 3.05) is 18.2 Å². The number of amides is 1. The number of thioether (sulfide) groups is 1. The summed E-state index contributed by atoms with van der Waals surface area (Å²) in [5.41, 5.74) is 1.40. The number of rotatable bonds is 8. The number of nitriles is 1. The van der Waals surface area contributed by atoms with Crippen molar-refractivity contribution in [2.45, 2.75) is 32.6 Å². The van der Waals surface area contributed by atoms with E-state index in [-0.39, 0.29) is 16.7 Å². The summed E-state index contributed by atoms with van der Waals surface area (Å²) in [6, 6.07) is 12.3. The van der Waals surface area contributed by atoms with Crippen LogP contribution in [0.15, 0.2) is 64.3 Å². The number of hydrogen-bond acceptors (Lipinski definition) is 5. The summed E-state index contributed by atoms with van der Waals surface area (Å²) in [7, 11) is 1.49. The van der Waals surface area contributed by atoms with E-state index in [2.05, 4.69) is 23.6 Å². The summed E-state index contributed by atoms with van der Waals surface area (Å²) in [6.45, 7) is 3.77. The number of benzene rings is 2. The first kappa shape index (κ1) is 24.3. The average molecular weight is 470 g/mol. The number of methoxy groups -OCH3 is 1. The molecule has 0 radical (unpaired) electrons. The molecule has 1 amide bonds. The Balaban J connectivity index is 2.09. The van der Waals surface area contributed by atoms with Gasteiger partial charge < -0.3 is 15.4 Å². The van der Waals surface area contributed by atoms with Gasteiger partial charge in [0.1, 0.15) is 17.4 Å². The molecule has 33 heavy (non-hydrogen) atoms. The van der Waals surface area contributed by atoms with E-state index in [0.29, 0.717) is 22.2 Å². The van der Waals surface area contributed by atoms with Gasteiger partial charge in [-0.3, -0.25) is 4.79 Å². The van der Waals surface area contributed by atoms with Crippen molar-refractivity contribution < 1.29 is 18.3 Å². The van der Waals surface area contributed by atoms with E-state index >= 15 is 0 Å². The van der Waals surface area contributed by atoms with Crippen LogP contribution in [0.25, 0.3) is 0 Å². The van der Waals surface area contributed by atoms with E-state index in [1.807, 2.05) is 0 Å². The summed E-state index contributed by atoms with van der Waals surface area (Å²) in [6.07, 6.45) is 1.92. The van der Waals surface area contributed by atoms with Crippen LogP contribution in [0.4, 0.5) is 14.5 Å². The van der Waals surface area contributed by atoms with Gasteiger partial charge in [-0.25, -0.2) is 8.78 Å². The molecule has 2 aromatic rings. The second kappa shape index (κ2) is 11.0. The van der Waals surface area contributed by atoms with Crippen LogP contribution >= 0.6 is 11.8 Å². The number of dihydropyridines is 1. The van der Waals surface area contributed by atoms with Gasteiger partial charge >= 0.3 is 0 Å². The summed E-state index contributed by atoms with van der Waals surface area (Å²) in [4.78, 5) is 13.4. The Morgan fingerprint density at radius 1 is 1.27 bits per heavy atom. The van der Waals surface area contributed by atoms with Crippen LogP contribution in [0.5, 0.6) is 5.75 Å². The lowest BCUT2D eigenvalue weighted by molar-refractivity contribution is -0.113. The molecule has 1 aliphatic rings. The first-order chi connectivity index (χ1) is 15.9. The number of nitrogens with zero attached hydrogens (tertiary/aromatic N) is 1. The van der Waals surface area contributed by atoms with Crippen LogP contribution in [-0.2, 0) is 4.79 Å². The molecule has 0 aromatic heterocycles. The third-order valence-electron chi connectivity index (χ3n) is 5.27. The number of ether oxygens (including phenoxy) is 1. The molecular weight excluding hydrogens is 444 g/mol. The van der Waals surface area contributed by atoms with E-state index in [0.717, 1.165) is 30.7 Å². The lowest BCUT2D eigenvalue weighted by atomic mass is 9.81. The summed E-state index contributed by atoms with van der Waals surface area (Å²) < 4.78 is 33.9. The van der Waals surface area contributed by atoms with Crippen LogP contribution < -0.4 is 15.4 Å². The molecule has 5 nitrogen and oxygen atoms in total. The number of unbranched alkanes of at least 4 members (excludes halogenated alkanes) is 1. The van der Waals surface area contributed by atoms with E-state index in [1.54, 1.807) is 31.2 Å². The second-order valence-electron chi connectivity index (χ2n) is 7.47. The molecule has 0 saturated carbocycles. The van der Waals surface area contributed by atoms with Gasteiger partial charge in [-0.15, -0.1) is 11.8 Å². The van der Waals surface area contributed by atoms with Gasteiger partial charge in [0.15, 0.2) is 0 Å². The first-order valence-electron chi connectivity index (χ1n) is 10.5. The van der Waals surface area contributed by atoms with Crippen molar-refractivity contribution in [3.8, 4) is 11.8 Å². The molecule has 172 valence electrons. The molecule has 0 aliphatic carbocycles. The molecule has 2 aromatic carbocycles. The average Bonchev–Trinajstić information content (AvgIpc) is 2.79. The zero-order valence-electron chi connectivity index (χ0n) is 18.7. The summed E-state index contributed by atoms with van der Waals surface area (Å²) in [5, 5.41) is 16.6. The van der Waals surface area contributed by atoms with Gasteiger partial charge in [0, 0.05) is 22.9 Å². The number of halogens is 2. The fourth-order valence-electron chi connectivity index (χ4n) is 3.63. The monoisotopic (exact) mass is 469 g/mol. The van der Waals surface area contributed by atoms with E-state index in [9.17, 15) is 18.8 Å². The predicted molar refractivity (Wildman–Crippen MR) is 127 cm³/mol. The highest BCUT2D eigenvalue weighted by atomic mass is 32.2. The number of carbonyl (C=O) groups is 1. The minimum absolute atomic E-state index is 0.0626. The quantitative estimate of drug-likeness (QED) is 0.475. The SMILES string of the molecule is CCCCSC1=C(C#N)C(c2ccc(F)cc2F)C(C(=O)Nc2ccccc2OC)=C(C)N1. The third-order valence-corrected chi connectivity index (χ3v) is 6.37. The maximum absolute atomic E-state index is 14.9. The van der Waals surface area contributed by atoms with Crippen molar-refractivity contribution in [3.63, 3.8) is 0 Å². The number of carbonyl (C=O) groups excluding carboxylic acids is 1. The number of hydrogen-bond donors (Lipinski definition) is 2. The molecule has 2 N–H and O–H groups in total. The largest absolute Gasteiger partial charge is 0.495 e. The number of para-hydroxylation sites is 2. The highest BCUT2D eigenvalue weighted by Gasteiger charge is 2.36. The van der Waals surface area contributed by atoms with Gasteiger partial charge in [0.2, 0.25) is 0 Å². The Morgan fingerprint density at radius 3 is 2.70 bits per heavy atom. The van der Waals surface area contributed by atoms with Gasteiger partial charge in [-0.2, -0.15) is 5.26 Å². The van der Waals surface area contributed by atoms with Crippen LogP contribution in [0.3, 0.4) is 0 Å². The van der Waals surface area contributed by atoms with Crippen molar-refractivity contribution >= 4 is 23.4 Å². The summed E-state index contributed by atoms with van der Waals surface area (Å²) >= 11 is 1.45. The highest BCUT2D eigenvalue weighted by molar-refractivity contribution is 8.03. The molecule has 1 unspecified atom stereocenters. The molecule has 1 aliphatic heterocycles. The Bertz CT molecular complexity index is 1150. The van der Waals surface area contributed by atoms with E-state index < -0.39 is 23.5 Å². The Labute approximate surface area is 196 Å². The molecule has 0 bridgehead atoms. The van der Waals surface area contributed by atoms with Crippen molar-refractivity contribution in [1.82, 2.24) is 5.32 Å². The van der Waals surface area contributed by atoms with E-state index in [1.165, 1.54) is 24.9 Å². The Morgan fingerprint density at radius 2 is 2.03 bits per heavy atom. The zero-order valence-corrected chi connectivity index (χ0v) is 19.5. The first-order valence-corrected chi connectivity index (χ1v) is 11.5. The fraction of sp³-hybridized carbons (Fsp3) is 0.280. The van der Waals surface area contributed by atoms with Crippen LogP contribution in [0.1, 0.15) is 38.2 Å². The van der Waals surface area contributed by atoms with Gasteiger partial charge in [-0.05, 0) is 37.3 Å². The number of anilines is 1. The molecule has 0 spiro atoms. The smallest absolute Gasteiger partial charge is 0.254 e.